The second kappa shape index (κ2) is 5.51. The molecule has 0 atom stereocenters. The van der Waals surface area contributed by atoms with Gasteiger partial charge in [0.1, 0.15) is 0 Å². The monoisotopic (exact) mass is 230 g/mol. The van der Waals surface area contributed by atoms with E-state index in [1.54, 1.807) is 11.8 Å². The summed E-state index contributed by atoms with van der Waals surface area (Å²) in [7, 11) is 0. The van der Waals surface area contributed by atoms with E-state index in [0.29, 0.717) is 5.89 Å². The average Bonchev–Trinajstić information content (AvgIpc) is 2.60. The second-order valence-corrected chi connectivity index (χ2v) is 5.50. The van der Waals surface area contributed by atoms with E-state index < -0.39 is 0 Å². The van der Waals surface area contributed by atoms with Gasteiger partial charge in [-0.3, -0.25) is 0 Å². The highest BCUT2D eigenvalue weighted by Crippen LogP contribution is 2.20. The highest BCUT2D eigenvalue weighted by atomic mass is 32.2. The van der Waals surface area contributed by atoms with Crippen LogP contribution < -0.4 is 0 Å². The number of rotatable bonds is 5. The van der Waals surface area contributed by atoms with E-state index in [1.165, 1.54) is 0 Å². The van der Waals surface area contributed by atoms with Crippen LogP contribution in [-0.4, -0.2) is 27.6 Å². The second-order valence-electron chi connectivity index (χ2n) is 4.40. The van der Waals surface area contributed by atoms with E-state index in [-0.39, 0.29) is 12.0 Å². The van der Waals surface area contributed by atoms with Crippen LogP contribution in [0.25, 0.3) is 0 Å². The molecular formula is C10H18N2O2S. The van der Waals surface area contributed by atoms with Crippen LogP contribution in [0.5, 0.6) is 0 Å². The third kappa shape index (κ3) is 4.22. The molecule has 0 aliphatic heterocycles. The first-order valence-electron chi connectivity index (χ1n) is 5.05. The van der Waals surface area contributed by atoms with E-state index in [1.807, 2.05) is 20.8 Å². The van der Waals surface area contributed by atoms with E-state index in [0.717, 1.165) is 23.8 Å². The lowest BCUT2D eigenvalue weighted by molar-refractivity contribution is 0.296. The zero-order valence-corrected chi connectivity index (χ0v) is 10.3. The van der Waals surface area contributed by atoms with Crippen LogP contribution in [0.3, 0.4) is 0 Å². The fraction of sp³-hybridized carbons (Fsp3) is 0.800. The number of hydrogen-bond acceptors (Lipinski definition) is 5. The Morgan fingerprint density at radius 3 is 2.67 bits per heavy atom. The molecule has 0 radical (unpaired) electrons. The van der Waals surface area contributed by atoms with E-state index in [9.17, 15) is 0 Å². The maximum absolute atomic E-state index is 8.61. The third-order valence-electron chi connectivity index (χ3n) is 1.79. The average molecular weight is 230 g/mol. The van der Waals surface area contributed by atoms with Crippen molar-refractivity contribution in [1.29, 1.82) is 0 Å². The minimum absolute atomic E-state index is 0.0823. The molecule has 1 N–H and O–H groups in total. The lowest BCUT2D eigenvalue weighted by atomic mass is 9.97. The van der Waals surface area contributed by atoms with Crippen LogP contribution in [0, 0.1) is 0 Å². The number of aliphatic hydroxyl groups is 1. The predicted octanol–water partition coefficient (Wildman–Crippen LogP) is 1.98. The molecule has 4 nitrogen and oxygen atoms in total. The van der Waals surface area contributed by atoms with Crippen molar-refractivity contribution in [3.8, 4) is 0 Å². The first-order chi connectivity index (χ1) is 7.04. The van der Waals surface area contributed by atoms with E-state index in [4.69, 9.17) is 9.63 Å². The van der Waals surface area contributed by atoms with Gasteiger partial charge in [-0.25, -0.2) is 0 Å². The fourth-order valence-corrected chi connectivity index (χ4v) is 1.72. The molecular weight excluding hydrogens is 212 g/mol. The summed E-state index contributed by atoms with van der Waals surface area (Å²) in [5, 5.41) is 12.5. The van der Waals surface area contributed by atoms with Crippen molar-refractivity contribution in [3.63, 3.8) is 0 Å². The molecule has 1 rings (SSSR count). The summed E-state index contributed by atoms with van der Waals surface area (Å²) in [6.45, 7) is 6.38. The minimum Gasteiger partial charge on any atom is -0.396 e. The Labute approximate surface area is 94.5 Å². The first-order valence-corrected chi connectivity index (χ1v) is 6.21. The summed E-state index contributed by atoms with van der Waals surface area (Å²) >= 11 is 1.71. The third-order valence-corrected chi connectivity index (χ3v) is 2.83. The van der Waals surface area contributed by atoms with Gasteiger partial charge in [0.25, 0.3) is 0 Å². The first kappa shape index (κ1) is 12.5. The summed E-state index contributed by atoms with van der Waals surface area (Å²) in [5.41, 5.74) is -0.0823. The molecule has 0 aromatic carbocycles. The molecule has 86 valence electrons. The van der Waals surface area contributed by atoms with Gasteiger partial charge in [0.15, 0.2) is 5.82 Å². The zero-order chi connectivity index (χ0) is 11.3. The summed E-state index contributed by atoms with van der Waals surface area (Å²) in [6.07, 6.45) is 0.814. The molecule has 0 unspecified atom stereocenters. The summed E-state index contributed by atoms with van der Waals surface area (Å²) < 4.78 is 5.16. The van der Waals surface area contributed by atoms with Gasteiger partial charge < -0.3 is 9.63 Å². The van der Waals surface area contributed by atoms with Crippen LogP contribution >= 0.6 is 11.8 Å². The Balaban J connectivity index is 2.40. The molecule has 5 heteroatoms. The molecule has 1 aromatic rings. The molecule has 15 heavy (non-hydrogen) atoms. The van der Waals surface area contributed by atoms with Crippen LogP contribution in [0.1, 0.15) is 38.9 Å². The Hall–Kier alpha value is -0.550. The van der Waals surface area contributed by atoms with Gasteiger partial charge in [0.05, 0.1) is 5.75 Å². The fourth-order valence-electron chi connectivity index (χ4n) is 0.947. The summed E-state index contributed by atoms with van der Waals surface area (Å²) in [5.74, 6) is 3.10. The molecule has 1 heterocycles. The van der Waals surface area contributed by atoms with Gasteiger partial charge in [-0.15, -0.1) is 0 Å². The van der Waals surface area contributed by atoms with Gasteiger partial charge in [0, 0.05) is 12.0 Å². The summed E-state index contributed by atoms with van der Waals surface area (Å²) in [4.78, 5) is 4.32. The lowest BCUT2D eigenvalue weighted by Crippen LogP contribution is -2.11. The van der Waals surface area contributed by atoms with Crippen LogP contribution in [0.15, 0.2) is 4.52 Å². The normalized spacial score (nSPS) is 12.0. The standard InChI is InChI=1S/C10H18N2O2S/c1-10(2,3)9-11-8(12-14-9)7-15-6-4-5-13/h13H,4-7H2,1-3H3. The van der Waals surface area contributed by atoms with E-state index >= 15 is 0 Å². The van der Waals surface area contributed by atoms with E-state index in [2.05, 4.69) is 10.1 Å². The van der Waals surface area contributed by atoms with Gasteiger partial charge in [0.2, 0.25) is 5.89 Å². The Bertz CT molecular complexity index is 294. The SMILES string of the molecule is CC(C)(C)c1nc(CSCCCO)no1. The van der Waals surface area contributed by atoms with Crippen molar-refractivity contribution >= 4 is 11.8 Å². The Kier molecular flexibility index (Phi) is 4.60. The maximum Gasteiger partial charge on any atom is 0.232 e. The van der Waals surface area contributed by atoms with Crippen LogP contribution in [0.2, 0.25) is 0 Å². The maximum atomic E-state index is 8.61. The van der Waals surface area contributed by atoms with Gasteiger partial charge in [-0.2, -0.15) is 16.7 Å². The Morgan fingerprint density at radius 1 is 1.40 bits per heavy atom. The largest absolute Gasteiger partial charge is 0.396 e. The number of nitrogens with zero attached hydrogens (tertiary/aromatic N) is 2. The minimum atomic E-state index is -0.0823. The van der Waals surface area contributed by atoms with Crippen LogP contribution in [-0.2, 0) is 11.2 Å². The molecule has 0 bridgehead atoms. The molecule has 0 spiro atoms. The number of thioether (sulfide) groups is 1. The highest BCUT2D eigenvalue weighted by Gasteiger charge is 2.21. The van der Waals surface area contributed by atoms with Gasteiger partial charge >= 0.3 is 0 Å². The van der Waals surface area contributed by atoms with Crippen molar-refractivity contribution < 1.29 is 9.63 Å². The molecule has 0 amide bonds. The number of aliphatic hydroxyl groups excluding tert-OH is 1. The lowest BCUT2D eigenvalue weighted by Gasteiger charge is -2.10. The van der Waals surface area contributed by atoms with Crippen LogP contribution in [0.4, 0.5) is 0 Å². The predicted molar refractivity (Wildman–Crippen MR) is 60.9 cm³/mol. The van der Waals surface area contributed by atoms with Crippen molar-refractivity contribution in [3.05, 3.63) is 11.7 Å². The van der Waals surface area contributed by atoms with Gasteiger partial charge in [-0.1, -0.05) is 25.9 Å². The van der Waals surface area contributed by atoms with Crippen molar-refractivity contribution in [2.24, 2.45) is 0 Å². The van der Waals surface area contributed by atoms with Gasteiger partial charge in [-0.05, 0) is 12.2 Å². The highest BCUT2D eigenvalue weighted by molar-refractivity contribution is 7.98. The number of hydrogen-bond donors (Lipinski definition) is 1. The smallest absolute Gasteiger partial charge is 0.232 e. The molecule has 0 saturated heterocycles. The topological polar surface area (TPSA) is 59.2 Å². The zero-order valence-electron chi connectivity index (χ0n) is 9.49. The molecule has 1 aromatic heterocycles. The molecule has 0 aliphatic rings. The Morgan fingerprint density at radius 2 is 2.13 bits per heavy atom. The quantitative estimate of drug-likeness (QED) is 0.784. The number of aromatic nitrogens is 2. The van der Waals surface area contributed by atoms with Crippen molar-refractivity contribution in [2.45, 2.75) is 38.4 Å². The van der Waals surface area contributed by atoms with Crippen molar-refractivity contribution in [1.82, 2.24) is 10.1 Å². The molecule has 0 saturated carbocycles. The molecule has 0 fully saturated rings. The molecule has 0 aliphatic carbocycles. The summed E-state index contributed by atoms with van der Waals surface area (Å²) in [6, 6.07) is 0. The van der Waals surface area contributed by atoms with Crippen molar-refractivity contribution in [2.75, 3.05) is 12.4 Å².